The lowest BCUT2D eigenvalue weighted by Crippen LogP contribution is -2.07. The molecule has 0 atom stereocenters. The molecule has 0 radical (unpaired) electrons. The highest BCUT2D eigenvalue weighted by Crippen LogP contribution is 2.29. The van der Waals surface area contributed by atoms with Gasteiger partial charge in [-0.15, -0.1) is 0 Å². The number of non-ortho nitro benzene ring substituents is 1. The summed E-state index contributed by atoms with van der Waals surface area (Å²) in [6.45, 7) is 0.255. The van der Waals surface area contributed by atoms with E-state index in [4.69, 9.17) is 5.10 Å². The fraction of sp³-hybridized carbons (Fsp3) is 0.0909. The molecule has 1 N–H and O–H groups in total. The Labute approximate surface area is 184 Å². The molecular formula is C22H19N5O4S. The Morgan fingerprint density at radius 2 is 1.78 bits per heavy atom. The molecule has 4 aromatic rings. The number of hydrogen-bond donors (Lipinski definition) is 1. The zero-order valence-corrected chi connectivity index (χ0v) is 17.9. The number of hydrogen-bond acceptors (Lipinski definition) is 7. The van der Waals surface area contributed by atoms with E-state index in [9.17, 15) is 18.5 Å². The van der Waals surface area contributed by atoms with Gasteiger partial charge in [-0.25, -0.2) is 13.1 Å². The van der Waals surface area contributed by atoms with Crippen LogP contribution in [0.1, 0.15) is 5.56 Å². The molecule has 9 nitrogen and oxygen atoms in total. The smallest absolute Gasteiger partial charge is 0.270 e. The molecule has 0 unspecified atom stereocenters. The van der Waals surface area contributed by atoms with Crippen LogP contribution in [0.5, 0.6) is 0 Å². The number of rotatable bonds is 7. The summed E-state index contributed by atoms with van der Waals surface area (Å²) >= 11 is 0. The summed E-state index contributed by atoms with van der Waals surface area (Å²) < 4.78 is 26.2. The Morgan fingerprint density at radius 3 is 2.44 bits per heavy atom. The summed E-state index contributed by atoms with van der Waals surface area (Å²) in [7, 11) is -3.69. The third-order valence-electron chi connectivity index (χ3n) is 4.81. The van der Waals surface area contributed by atoms with Gasteiger partial charge in [-0.2, -0.15) is 5.10 Å². The topological polar surface area (TPSA) is 120 Å². The first kappa shape index (κ1) is 21.2. The summed E-state index contributed by atoms with van der Waals surface area (Å²) in [4.78, 5) is 14.4. The lowest BCUT2D eigenvalue weighted by atomic mass is 10.1. The molecule has 0 saturated carbocycles. The van der Waals surface area contributed by atoms with E-state index in [1.54, 1.807) is 17.1 Å². The van der Waals surface area contributed by atoms with Crippen molar-refractivity contribution in [3.63, 3.8) is 0 Å². The Morgan fingerprint density at radius 1 is 1.06 bits per heavy atom. The molecule has 32 heavy (non-hydrogen) atoms. The monoisotopic (exact) mass is 449 g/mol. The van der Waals surface area contributed by atoms with Crippen LogP contribution in [0.3, 0.4) is 0 Å². The second kappa shape index (κ2) is 8.60. The summed E-state index contributed by atoms with van der Waals surface area (Å²) in [6.07, 6.45) is 6.23. The maximum absolute atomic E-state index is 12.2. The number of sulfone groups is 1. The van der Waals surface area contributed by atoms with Crippen LogP contribution in [0.2, 0.25) is 0 Å². The van der Waals surface area contributed by atoms with Crippen LogP contribution in [-0.2, 0) is 16.4 Å². The maximum atomic E-state index is 12.2. The predicted molar refractivity (Wildman–Crippen MR) is 120 cm³/mol. The number of anilines is 1. The molecule has 2 aromatic heterocycles. The summed E-state index contributed by atoms with van der Waals surface area (Å²) in [5, 5.41) is 18.9. The van der Waals surface area contributed by atoms with Gasteiger partial charge in [0.2, 0.25) is 0 Å². The van der Waals surface area contributed by atoms with Crippen LogP contribution in [0, 0.1) is 10.1 Å². The molecule has 0 bridgehead atoms. The van der Waals surface area contributed by atoms with Gasteiger partial charge < -0.3 is 5.32 Å². The fourth-order valence-electron chi connectivity index (χ4n) is 3.27. The van der Waals surface area contributed by atoms with E-state index < -0.39 is 14.8 Å². The molecule has 0 fully saturated rings. The van der Waals surface area contributed by atoms with E-state index in [0.29, 0.717) is 5.69 Å². The molecule has 2 heterocycles. The standard InChI is InChI=1S/C22H19N5O4S/c1-32(30,31)21-13-19(27(28)29)7-8-20(21)24-14-17-15-26(18-5-3-2-4-6-18)25-22(17)16-9-11-23-12-10-16/h2-13,15,24H,14H2,1H3. The molecule has 162 valence electrons. The lowest BCUT2D eigenvalue weighted by Gasteiger charge is -2.11. The number of nitro benzene ring substituents is 1. The van der Waals surface area contributed by atoms with Crippen molar-refractivity contribution in [3.05, 3.63) is 94.9 Å². The maximum Gasteiger partial charge on any atom is 0.270 e. The number of pyridine rings is 1. The Bertz CT molecular complexity index is 1370. The van der Waals surface area contributed by atoms with E-state index in [2.05, 4.69) is 10.3 Å². The van der Waals surface area contributed by atoms with Gasteiger partial charge in [-0.1, -0.05) is 18.2 Å². The van der Waals surface area contributed by atoms with Gasteiger partial charge in [0.25, 0.3) is 5.69 Å². The van der Waals surface area contributed by atoms with Crippen molar-refractivity contribution in [2.24, 2.45) is 0 Å². The van der Waals surface area contributed by atoms with E-state index in [1.807, 2.05) is 48.7 Å². The molecule has 0 aliphatic carbocycles. The Balaban J connectivity index is 1.72. The van der Waals surface area contributed by atoms with Crippen molar-refractivity contribution in [2.75, 3.05) is 11.6 Å². The average molecular weight is 449 g/mol. The van der Waals surface area contributed by atoms with Gasteiger partial charge in [0, 0.05) is 54.7 Å². The molecule has 0 aliphatic rings. The van der Waals surface area contributed by atoms with Crippen molar-refractivity contribution >= 4 is 21.2 Å². The van der Waals surface area contributed by atoms with E-state index in [1.165, 1.54) is 12.1 Å². The largest absolute Gasteiger partial charge is 0.380 e. The van der Waals surface area contributed by atoms with Crippen molar-refractivity contribution in [3.8, 4) is 16.9 Å². The normalized spacial score (nSPS) is 11.3. The zero-order valence-electron chi connectivity index (χ0n) is 17.0. The highest BCUT2D eigenvalue weighted by atomic mass is 32.2. The summed E-state index contributed by atoms with van der Waals surface area (Å²) in [5.41, 5.74) is 3.26. The second-order valence-corrected chi connectivity index (χ2v) is 9.07. The van der Waals surface area contributed by atoms with Crippen molar-refractivity contribution < 1.29 is 13.3 Å². The van der Waals surface area contributed by atoms with Crippen molar-refractivity contribution in [2.45, 2.75) is 11.4 Å². The quantitative estimate of drug-likeness (QED) is 0.336. The number of benzene rings is 2. The summed E-state index contributed by atoms with van der Waals surface area (Å²) in [6, 6.07) is 17.0. The number of aromatic nitrogens is 3. The van der Waals surface area contributed by atoms with Gasteiger partial charge in [-0.05, 0) is 30.3 Å². The predicted octanol–water partition coefficient (Wildman–Crippen LogP) is 3.86. The number of nitrogens with one attached hydrogen (secondary N) is 1. The van der Waals surface area contributed by atoms with Crippen molar-refractivity contribution in [1.29, 1.82) is 0 Å². The SMILES string of the molecule is CS(=O)(=O)c1cc([N+](=O)[O-])ccc1NCc1cn(-c2ccccc2)nc1-c1ccncc1. The Kier molecular flexibility index (Phi) is 5.69. The Hall–Kier alpha value is -4.05. The fourth-order valence-corrected chi connectivity index (χ4v) is 4.15. The van der Waals surface area contributed by atoms with Crippen LogP contribution < -0.4 is 5.32 Å². The van der Waals surface area contributed by atoms with E-state index in [-0.39, 0.29) is 22.8 Å². The molecule has 0 amide bonds. The van der Waals surface area contributed by atoms with Crippen LogP contribution in [0.4, 0.5) is 11.4 Å². The zero-order chi connectivity index (χ0) is 22.7. The van der Waals surface area contributed by atoms with Gasteiger partial charge in [0.05, 0.1) is 26.9 Å². The van der Waals surface area contributed by atoms with Gasteiger partial charge in [0.1, 0.15) is 0 Å². The lowest BCUT2D eigenvalue weighted by molar-refractivity contribution is -0.385. The van der Waals surface area contributed by atoms with Gasteiger partial charge in [-0.3, -0.25) is 15.1 Å². The second-order valence-electron chi connectivity index (χ2n) is 7.08. The van der Waals surface area contributed by atoms with Crippen LogP contribution in [0.15, 0.2) is 84.1 Å². The molecular weight excluding hydrogens is 430 g/mol. The van der Waals surface area contributed by atoms with Gasteiger partial charge in [0.15, 0.2) is 9.84 Å². The van der Waals surface area contributed by atoms with Crippen LogP contribution >= 0.6 is 0 Å². The van der Waals surface area contributed by atoms with Crippen LogP contribution in [-0.4, -0.2) is 34.4 Å². The molecule has 0 spiro atoms. The highest BCUT2D eigenvalue weighted by molar-refractivity contribution is 7.90. The highest BCUT2D eigenvalue weighted by Gasteiger charge is 2.19. The summed E-state index contributed by atoms with van der Waals surface area (Å²) in [5.74, 6) is 0. The third kappa shape index (κ3) is 4.49. The minimum atomic E-state index is -3.69. The van der Waals surface area contributed by atoms with E-state index in [0.717, 1.165) is 29.1 Å². The third-order valence-corrected chi connectivity index (χ3v) is 5.95. The molecule has 0 saturated heterocycles. The minimum absolute atomic E-state index is 0.132. The van der Waals surface area contributed by atoms with Crippen molar-refractivity contribution in [1.82, 2.24) is 14.8 Å². The average Bonchev–Trinajstić information content (AvgIpc) is 3.22. The molecule has 4 rings (SSSR count). The molecule has 2 aromatic carbocycles. The molecule has 0 aliphatic heterocycles. The number of nitrogens with zero attached hydrogens (tertiary/aromatic N) is 4. The van der Waals surface area contributed by atoms with E-state index >= 15 is 0 Å². The first-order chi connectivity index (χ1) is 15.3. The first-order valence-electron chi connectivity index (χ1n) is 9.59. The molecule has 10 heteroatoms. The van der Waals surface area contributed by atoms with Gasteiger partial charge >= 0.3 is 0 Å². The number of nitro groups is 1. The van der Waals surface area contributed by atoms with Crippen LogP contribution in [0.25, 0.3) is 16.9 Å². The minimum Gasteiger partial charge on any atom is -0.380 e. The first-order valence-corrected chi connectivity index (χ1v) is 11.5. The number of para-hydroxylation sites is 1.